The van der Waals surface area contributed by atoms with Crippen LogP contribution in [-0.4, -0.2) is 65.6 Å². The predicted molar refractivity (Wildman–Crippen MR) is 103 cm³/mol. The number of amides is 1. The van der Waals surface area contributed by atoms with Crippen LogP contribution < -0.4 is 15.0 Å². The Morgan fingerprint density at radius 1 is 1.19 bits per heavy atom. The number of anilines is 1. The van der Waals surface area contributed by atoms with Crippen LogP contribution in [-0.2, 0) is 11.3 Å². The van der Waals surface area contributed by atoms with Crippen molar-refractivity contribution in [1.29, 1.82) is 0 Å². The molecule has 0 saturated carbocycles. The van der Waals surface area contributed by atoms with E-state index in [4.69, 9.17) is 4.74 Å². The SMILES string of the molecule is COc1nc(C)cc(C)c1CNC(=O)CN1CCN(c2ncccn2)CC1. The second-order valence-electron chi connectivity index (χ2n) is 6.66. The number of nitrogens with zero attached hydrogens (tertiary/aromatic N) is 5. The number of pyridine rings is 1. The molecule has 8 heteroatoms. The topological polar surface area (TPSA) is 83.5 Å². The molecule has 3 rings (SSSR count). The second-order valence-corrected chi connectivity index (χ2v) is 6.66. The van der Waals surface area contributed by atoms with Gasteiger partial charge in [0.2, 0.25) is 17.7 Å². The molecule has 2 aromatic heterocycles. The molecule has 8 nitrogen and oxygen atoms in total. The molecular weight excluding hydrogens is 344 g/mol. The van der Waals surface area contributed by atoms with Crippen molar-refractivity contribution < 1.29 is 9.53 Å². The lowest BCUT2D eigenvalue weighted by molar-refractivity contribution is -0.122. The monoisotopic (exact) mass is 370 g/mol. The van der Waals surface area contributed by atoms with Crippen LogP contribution in [0.2, 0.25) is 0 Å². The molecule has 0 unspecified atom stereocenters. The van der Waals surface area contributed by atoms with Crippen LogP contribution in [0.15, 0.2) is 24.5 Å². The molecule has 0 aliphatic carbocycles. The quantitative estimate of drug-likeness (QED) is 0.810. The lowest BCUT2D eigenvalue weighted by atomic mass is 10.1. The zero-order valence-electron chi connectivity index (χ0n) is 16.1. The molecule has 3 heterocycles. The van der Waals surface area contributed by atoms with E-state index in [0.717, 1.165) is 48.9 Å². The highest BCUT2D eigenvalue weighted by molar-refractivity contribution is 5.78. The molecule has 0 bridgehead atoms. The molecule has 1 saturated heterocycles. The first-order chi connectivity index (χ1) is 13.1. The maximum atomic E-state index is 12.4. The highest BCUT2D eigenvalue weighted by Gasteiger charge is 2.20. The molecule has 1 fully saturated rings. The number of ether oxygens (including phenoxy) is 1. The first-order valence-electron chi connectivity index (χ1n) is 9.09. The summed E-state index contributed by atoms with van der Waals surface area (Å²) in [6.45, 7) is 7.96. The van der Waals surface area contributed by atoms with Crippen LogP contribution in [0.3, 0.4) is 0 Å². The molecule has 2 aromatic rings. The van der Waals surface area contributed by atoms with Gasteiger partial charge in [-0.1, -0.05) is 0 Å². The molecule has 1 aliphatic heterocycles. The van der Waals surface area contributed by atoms with Crippen LogP contribution >= 0.6 is 0 Å². The third-order valence-corrected chi connectivity index (χ3v) is 4.67. The Morgan fingerprint density at radius 2 is 1.89 bits per heavy atom. The van der Waals surface area contributed by atoms with Gasteiger partial charge in [-0.25, -0.2) is 15.0 Å². The number of hydrogen-bond donors (Lipinski definition) is 1. The Kier molecular flexibility index (Phi) is 6.18. The Balaban J connectivity index is 1.48. The fraction of sp³-hybridized carbons (Fsp3) is 0.474. The summed E-state index contributed by atoms with van der Waals surface area (Å²) in [6.07, 6.45) is 3.50. The third-order valence-electron chi connectivity index (χ3n) is 4.67. The average Bonchev–Trinajstić information content (AvgIpc) is 2.68. The fourth-order valence-electron chi connectivity index (χ4n) is 3.22. The van der Waals surface area contributed by atoms with Crippen molar-refractivity contribution in [2.45, 2.75) is 20.4 Å². The lowest BCUT2D eigenvalue weighted by Gasteiger charge is -2.34. The molecule has 0 aromatic carbocycles. The first kappa shape index (κ1) is 19.0. The Morgan fingerprint density at radius 3 is 2.56 bits per heavy atom. The molecular formula is C19H26N6O2. The number of piperazine rings is 1. The van der Waals surface area contributed by atoms with E-state index in [1.165, 1.54) is 0 Å². The summed E-state index contributed by atoms with van der Waals surface area (Å²) >= 11 is 0. The summed E-state index contributed by atoms with van der Waals surface area (Å²) in [5.41, 5.74) is 2.89. The van der Waals surface area contributed by atoms with Gasteiger partial charge in [0.25, 0.3) is 0 Å². The highest BCUT2D eigenvalue weighted by Crippen LogP contribution is 2.20. The summed E-state index contributed by atoms with van der Waals surface area (Å²) < 4.78 is 5.35. The van der Waals surface area contributed by atoms with Crippen molar-refractivity contribution in [2.75, 3.05) is 44.7 Å². The van der Waals surface area contributed by atoms with Crippen LogP contribution in [0.5, 0.6) is 5.88 Å². The Labute approximate surface area is 159 Å². The molecule has 0 spiro atoms. The minimum Gasteiger partial charge on any atom is -0.481 e. The minimum absolute atomic E-state index is 0.00133. The standard InChI is InChI=1S/C19H26N6O2/c1-14-11-15(2)23-18(27-3)16(14)12-22-17(26)13-24-7-9-25(10-8-24)19-20-5-4-6-21-19/h4-6,11H,7-10,12-13H2,1-3H3,(H,22,26). The van der Waals surface area contributed by atoms with Crippen LogP contribution in [0.4, 0.5) is 5.95 Å². The summed E-state index contributed by atoms with van der Waals surface area (Å²) in [7, 11) is 1.60. The number of aryl methyl sites for hydroxylation is 2. The smallest absolute Gasteiger partial charge is 0.234 e. The van der Waals surface area contributed by atoms with Gasteiger partial charge in [-0.05, 0) is 31.5 Å². The van der Waals surface area contributed by atoms with E-state index in [9.17, 15) is 4.79 Å². The van der Waals surface area contributed by atoms with E-state index < -0.39 is 0 Å². The Bertz CT molecular complexity index is 775. The van der Waals surface area contributed by atoms with Gasteiger partial charge in [-0.15, -0.1) is 0 Å². The average molecular weight is 370 g/mol. The summed E-state index contributed by atoms with van der Waals surface area (Å²) in [5.74, 6) is 1.32. The largest absolute Gasteiger partial charge is 0.481 e. The van der Waals surface area contributed by atoms with E-state index in [2.05, 4.69) is 30.1 Å². The van der Waals surface area contributed by atoms with Crippen molar-refractivity contribution in [3.05, 3.63) is 41.3 Å². The molecule has 0 atom stereocenters. The van der Waals surface area contributed by atoms with Gasteiger partial charge in [0.1, 0.15) is 0 Å². The van der Waals surface area contributed by atoms with Crippen molar-refractivity contribution in [3.63, 3.8) is 0 Å². The number of nitrogens with one attached hydrogen (secondary N) is 1. The highest BCUT2D eigenvalue weighted by atomic mass is 16.5. The van der Waals surface area contributed by atoms with Gasteiger partial charge in [0, 0.05) is 56.4 Å². The van der Waals surface area contributed by atoms with E-state index in [1.54, 1.807) is 19.5 Å². The Hall–Kier alpha value is -2.74. The van der Waals surface area contributed by atoms with Gasteiger partial charge in [0.05, 0.1) is 13.7 Å². The maximum absolute atomic E-state index is 12.4. The van der Waals surface area contributed by atoms with Gasteiger partial charge >= 0.3 is 0 Å². The molecule has 0 radical (unpaired) electrons. The predicted octanol–water partition coefficient (Wildman–Crippen LogP) is 0.935. The number of methoxy groups -OCH3 is 1. The van der Waals surface area contributed by atoms with Crippen LogP contribution in [0.25, 0.3) is 0 Å². The van der Waals surface area contributed by atoms with E-state index in [-0.39, 0.29) is 5.91 Å². The zero-order chi connectivity index (χ0) is 19.2. The third kappa shape index (κ3) is 4.91. The van der Waals surface area contributed by atoms with Crippen molar-refractivity contribution in [2.24, 2.45) is 0 Å². The second kappa shape index (κ2) is 8.77. The molecule has 27 heavy (non-hydrogen) atoms. The van der Waals surface area contributed by atoms with Crippen LogP contribution in [0, 0.1) is 13.8 Å². The van der Waals surface area contributed by atoms with E-state index in [1.807, 2.05) is 26.0 Å². The van der Waals surface area contributed by atoms with E-state index >= 15 is 0 Å². The lowest BCUT2D eigenvalue weighted by Crippen LogP contribution is -2.49. The number of aromatic nitrogens is 3. The van der Waals surface area contributed by atoms with Gasteiger partial charge in [0.15, 0.2) is 0 Å². The normalized spacial score (nSPS) is 14.9. The number of carbonyl (C=O) groups excluding carboxylic acids is 1. The summed E-state index contributed by atoms with van der Waals surface area (Å²) in [5, 5.41) is 2.99. The first-order valence-corrected chi connectivity index (χ1v) is 9.09. The zero-order valence-corrected chi connectivity index (χ0v) is 16.1. The van der Waals surface area contributed by atoms with Gasteiger partial charge < -0.3 is 15.0 Å². The number of rotatable bonds is 6. The number of hydrogen-bond acceptors (Lipinski definition) is 7. The van der Waals surface area contributed by atoms with E-state index in [0.29, 0.717) is 19.0 Å². The van der Waals surface area contributed by atoms with Crippen molar-refractivity contribution >= 4 is 11.9 Å². The molecule has 1 N–H and O–H groups in total. The van der Waals surface area contributed by atoms with Crippen LogP contribution in [0.1, 0.15) is 16.8 Å². The summed E-state index contributed by atoms with van der Waals surface area (Å²) in [6, 6.07) is 3.80. The molecule has 1 amide bonds. The molecule has 1 aliphatic rings. The van der Waals surface area contributed by atoms with Crippen molar-refractivity contribution in [1.82, 2.24) is 25.2 Å². The van der Waals surface area contributed by atoms with Crippen molar-refractivity contribution in [3.8, 4) is 5.88 Å². The minimum atomic E-state index is 0.00133. The number of carbonyl (C=O) groups is 1. The fourth-order valence-corrected chi connectivity index (χ4v) is 3.22. The molecule has 144 valence electrons. The van der Waals surface area contributed by atoms with Gasteiger partial charge in [-0.2, -0.15) is 0 Å². The summed E-state index contributed by atoms with van der Waals surface area (Å²) in [4.78, 5) is 29.6. The van der Waals surface area contributed by atoms with Gasteiger partial charge in [-0.3, -0.25) is 9.69 Å². The maximum Gasteiger partial charge on any atom is 0.234 e.